The molecule has 1 heteroatoms. The van der Waals surface area contributed by atoms with Gasteiger partial charge in [0.15, 0.2) is 0 Å². The van der Waals surface area contributed by atoms with Crippen LogP contribution in [0.25, 0.3) is 0 Å². The highest BCUT2D eigenvalue weighted by molar-refractivity contribution is 4.61. The minimum Gasteiger partial charge on any atom is -0.393 e. The molecule has 1 radical (unpaired) electrons. The minimum atomic E-state index is -0.116. The minimum absolute atomic E-state index is 0.116. The first-order valence-electron chi connectivity index (χ1n) is 3.77. The molecular formula is C8H17O. The largest absolute Gasteiger partial charge is 0.393 e. The van der Waals surface area contributed by atoms with Crippen LogP contribution in [-0.4, -0.2) is 11.2 Å². The first-order valence-corrected chi connectivity index (χ1v) is 3.77. The molecule has 0 spiro atoms. The first kappa shape index (κ1) is 8.96. The molecule has 1 atom stereocenters. The fourth-order valence-electron chi connectivity index (χ4n) is 0.762. The Morgan fingerprint density at radius 1 is 1.56 bits per heavy atom. The summed E-state index contributed by atoms with van der Waals surface area (Å²) in [5, 5.41) is 8.84. The van der Waals surface area contributed by atoms with Gasteiger partial charge in [0.2, 0.25) is 0 Å². The van der Waals surface area contributed by atoms with E-state index in [9.17, 15) is 0 Å². The molecule has 0 fully saturated rings. The maximum atomic E-state index is 8.84. The van der Waals surface area contributed by atoms with Crippen molar-refractivity contribution in [3.8, 4) is 0 Å². The summed E-state index contributed by atoms with van der Waals surface area (Å²) in [7, 11) is 0. The van der Waals surface area contributed by atoms with Gasteiger partial charge in [-0.1, -0.05) is 26.2 Å². The van der Waals surface area contributed by atoms with Crippen molar-refractivity contribution in [2.75, 3.05) is 0 Å². The second-order valence-corrected chi connectivity index (χ2v) is 2.48. The molecule has 0 heterocycles. The van der Waals surface area contributed by atoms with Gasteiger partial charge in [0.05, 0.1) is 6.10 Å². The van der Waals surface area contributed by atoms with Crippen molar-refractivity contribution in [2.45, 2.75) is 45.6 Å². The van der Waals surface area contributed by atoms with E-state index in [-0.39, 0.29) is 6.10 Å². The van der Waals surface area contributed by atoms with Gasteiger partial charge in [-0.25, -0.2) is 0 Å². The highest BCUT2D eigenvalue weighted by atomic mass is 16.3. The van der Waals surface area contributed by atoms with Crippen LogP contribution in [0.4, 0.5) is 0 Å². The molecule has 0 amide bonds. The second-order valence-electron chi connectivity index (χ2n) is 2.48. The lowest BCUT2D eigenvalue weighted by Gasteiger charge is -2.01. The van der Waals surface area contributed by atoms with Gasteiger partial charge >= 0.3 is 0 Å². The molecule has 55 valence electrons. The molecule has 0 saturated heterocycles. The third-order valence-corrected chi connectivity index (χ3v) is 1.32. The first-order chi connectivity index (χ1) is 4.27. The topological polar surface area (TPSA) is 20.2 Å². The van der Waals surface area contributed by atoms with Gasteiger partial charge in [0, 0.05) is 0 Å². The zero-order valence-electron chi connectivity index (χ0n) is 6.43. The highest BCUT2D eigenvalue weighted by Gasteiger charge is 1.93. The Bertz CT molecular complexity index is 50.5. The van der Waals surface area contributed by atoms with Crippen LogP contribution in [-0.2, 0) is 0 Å². The van der Waals surface area contributed by atoms with Crippen molar-refractivity contribution in [3.63, 3.8) is 0 Å². The van der Waals surface area contributed by atoms with Gasteiger partial charge in [0.1, 0.15) is 0 Å². The van der Waals surface area contributed by atoms with Crippen molar-refractivity contribution < 1.29 is 5.11 Å². The summed E-state index contributed by atoms with van der Waals surface area (Å²) < 4.78 is 0. The van der Waals surface area contributed by atoms with E-state index in [0.29, 0.717) is 0 Å². The third kappa shape index (κ3) is 7.96. The summed E-state index contributed by atoms with van der Waals surface area (Å²) in [5.74, 6) is 0. The molecular weight excluding hydrogens is 112 g/mol. The van der Waals surface area contributed by atoms with Gasteiger partial charge in [-0.05, 0) is 19.8 Å². The fraction of sp³-hybridized carbons (Fsp3) is 0.875. The summed E-state index contributed by atoms with van der Waals surface area (Å²) in [4.78, 5) is 0. The molecule has 0 aromatic rings. The lowest BCUT2D eigenvalue weighted by Crippen LogP contribution is -1.97. The quantitative estimate of drug-likeness (QED) is 0.564. The molecule has 0 aliphatic rings. The Kier molecular flexibility index (Phi) is 6.06. The van der Waals surface area contributed by atoms with E-state index < -0.39 is 0 Å². The van der Waals surface area contributed by atoms with Crippen molar-refractivity contribution >= 4 is 0 Å². The molecule has 0 aliphatic carbocycles. The smallest absolute Gasteiger partial charge is 0.0512 e. The van der Waals surface area contributed by atoms with E-state index in [1.165, 1.54) is 0 Å². The third-order valence-electron chi connectivity index (χ3n) is 1.32. The Hall–Kier alpha value is -0.0400. The number of unbranched alkanes of at least 4 members (excludes halogenated alkanes) is 3. The van der Waals surface area contributed by atoms with Gasteiger partial charge in [-0.15, -0.1) is 0 Å². The van der Waals surface area contributed by atoms with Crippen LogP contribution < -0.4 is 0 Å². The van der Waals surface area contributed by atoms with Crippen LogP contribution in [0.15, 0.2) is 0 Å². The lowest BCUT2D eigenvalue weighted by molar-refractivity contribution is 0.181. The van der Waals surface area contributed by atoms with E-state index in [2.05, 4.69) is 13.3 Å². The zero-order valence-corrected chi connectivity index (χ0v) is 6.43. The van der Waals surface area contributed by atoms with E-state index >= 15 is 0 Å². The summed E-state index contributed by atoms with van der Waals surface area (Å²) in [6.45, 7) is 3.98. The summed E-state index contributed by atoms with van der Waals surface area (Å²) in [6.07, 6.45) is 6.52. The highest BCUT2D eigenvalue weighted by Crippen LogP contribution is 2.03. The SMILES string of the molecule is CC[CH]CCCC(C)O. The predicted octanol–water partition coefficient (Wildman–Crippen LogP) is 2.15. The van der Waals surface area contributed by atoms with Crippen molar-refractivity contribution in [3.05, 3.63) is 6.42 Å². The van der Waals surface area contributed by atoms with Crippen LogP contribution >= 0.6 is 0 Å². The van der Waals surface area contributed by atoms with E-state index in [1.54, 1.807) is 0 Å². The zero-order chi connectivity index (χ0) is 7.11. The lowest BCUT2D eigenvalue weighted by atomic mass is 10.1. The summed E-state index contributed by atoms with van der Waals surface area (Å²) >= 11 is 0. The van der Waals surface area contributed by atoms with Crippen molar-refractivity contribution in [1.82, 2.24) is 0 Å². The summed E-state index contributed by atoms with van der Waals surface area (Å²) in [5.41, 5.74) is 0. The van der Waals surface area contributed by atoms with Crippen LogP contribution in [0.2, 0.25) is 0 Å². The van der Waals surface area contributed by atoms with E-state index in [1.807, 2.05) is 6.92 Å². The molecule has 0 aromatic heterocycles. The molecule has 0 aromatic carbocycles. The molecule has 0 aliphatic heterocycles. The van der Waals surface area contributed by atoms with Gasteiger partial charge in [-0.2, -0.15) is 0 Å². The van der Waals surface area contributed by atoms with Gasteiger partial charge < -0.3 is 5.11 Å². The van der Waals surface area contributed by atoms with Gasteiger partial charge in [0.25, 0.3) is 0 Å². The molecule has 0 saturated carbocycles. The molecule has 9 heavy (non-hydrogen) atoms. The molecule has 1 nitrogen and oxygen atoms in total. The van der Waals surface area contributed by atoms with E-state index in [0.717, 1.165) is 25.7 Å². The second kappa shape index (κ2) is 6.09. The molecule has 1 N–H and O–H groups in total. The average Bonchev–Trinajstić information content (AvgIpc) is 1.80. The standard InChI is InChI=1S/C8H17O/c1-3-4-5-6-7-8(2)9/h4,8-9H,3,5-7H2,1-2H3. The van der Waals surface area contributed by atoms with E-state index in [4.69, 9.17) is 5.11 Å². The number of hydrogen-bond donors (Lipinski definition) is 1. The number of hydrogen-bond acceptors (Lipinski definition) is 1. The Balaban J connectivity index is 2.75. The average molecular weight is 129 g/mol. The Morgan fingerprint density at radius 3 is 2.67 bits per heavy atom. The van der Waals surface area contributed by atoms with Crippen molar-refractivity contribution in [2.24, 2.45) is 0 Å². The van der Waals surface area contributed by atoms with Crippen molar-refractivity contribution in [1.29, 1.82) is 0 Å². The molecule has 1 unspecified atom stereocenters. The molecule has 0 bridgehead atoms. The maximum Gasteiger partial charge on any atom is 0.0512 e. The monoisotopic (exact) mass is 129 g/mol. The van der Waals surface area contributed by atoms with Crippen LogP contribution in [0.3, 0.4) is 0 Å². The predicted molar refractivity (Wildman–Crippen MR) is 40.1 cm³/mol. The van der Waals surface area contributed by atoms with Gasteiger partial charge in [-0.3, -0.25) is 0 Å². The molecule has 0 rings (SSSR count). The normalized spacial score (nSPS) is 13.7. The number of aliphatic hydroxyl groups is 1. The number of aliphatic hydroxyl groups excluding tert-OH is 1. The number of rotatable bonds is 5. The fourth-order valence-corrected chi connectivity index (χ4v) is 0.762. The van der Waals surface area contributed by atoms with Crippen LogP contribution in [0.5, 0.6) is 0 Å². The Labute approximate surface area is 58.1 Å². The van der Waals surface area contributed by atoms with Crippen LogP contribution in [0.1, 0.15) is 39.5 Å². The maximum absolute atomic E-state index is 8.84. The van der Waals surface area contributed by atoms with Crippen LogP contribution in [0, 0.1) is 6.42 Å². The Morgan fingerprint density at radius 2 is 2.22 bits per heavy atom. The summed E-state index contributed by atoms with van der Waals surface area (Å²) in [6, 6.07) is 0.